The summed E-state index contributed by atoms with van der Waals surface area (Å²) in [6.07, 6.45) is 4.68. The minimum atomic E-state index is -0.320. The molecular formula is C26H32BBrN2O4. The Hall–Kier alpha value is -1.90. The quantitative estimate of drug-likeness (QED) is 0.503. The lowest BCUT2D eigenvalue weighted by atomic mass is 9.79. The largest absolute Gasteiger partial charge is 0.494 e. The van der Waals surface area contributed by atoms with Crippen LogP contribution in [0.3, 0.4) is 0 Å². The molecule has 6 nitrogen and oxygen atoms in total. The fraction of sp³-hybridized carbons (Fsp3) is 0.538. The molecule has 0 amide bonds. The van der Waals surface area contributed by atoms with Gasteiger partial charge in [-0.05, 0) is 89.2 Å². The number of ether oxygens (including phenoxy) is 2. The summed E-state index contributed by atoms with van der Waals surface area (Å²) in [6.45, 7) is 10.1. The average molecular weight is 527 g/mol. The van der Waals surface area contributed by atoms with Gasteiger partial charge in [-0.3, -0.25) is 0 Å². The number of fused-ring (bicyclic) bond motifs is 2. The van der Waals surface area contributed by atoms with Crippen LogP contribution in [-0.2, 0) is 9.31 Å². The number of anilines is 2. The first-order valence-electron chi connectivity index (χ1n) is 12.2. The highest BCUT2D eigenvalue weighted by Crippen LogP contribution is 2.47. The fourth-order valence-corrected chi connectivity index (χ4v) is 4.88. The lowest BCUT2D eigenvalue weighted by Crippen LogP contribution is -2.41. The maximum Gasteiger partial charge on any atom is 0.494 e. The smallest absolute Gasteiger partial charge is 0.483 e. The molecule has 0 aromatic heterocycles. The maximum atomic E-state index is 6.10. The number of benzene rings is 2. The summed E-state index contributed by atoms with van der Waals surface area (Å²) in [5.74, 6) is 1.94. The summed E-state index contributed by atoms with van der Waals surface area (Å²) in [5, 5.41) is 6.89. The second-order valence-electron chi connectivity index (χ2n) is 11.3. The van der Waals surface area contributed by atoms with Gasteiger partial charge in [-0.25, -0.2) is 0 Å². The van der Waals surface area contributed by atoms with Crippen LogP contribution in [0.5, 0.6) is 11.5 Å². The van der Waals surface area contributed by atoms with E-state index in [-0.39, 0.29) is 29.5 Å². The first-order chi connectivity index (χ1) is 16.1. The molecule has 2 N–H and O–H groups in total. The maximum absolute atomic E-state index is 6.10. The molecule has 0 bridgehead atoms. The van der Waals surface area contributed by atoms with E-state index in [4.69, 9.17) is 18.8 Å². The zero-order valence-electron chi connectivity index (χ0n) is 20.3. The summed E-state index contributed by atoms with van der Waals surface area (Å²) in [6, 6.07) is 12.3. The third-order valence-corrected chi connectivity index (χ3v) is 8.43. The van der Waals surface area contributed by atoms with E-state index in [0.29, 0.717) is 0 Å². The number of hydrogen-bond acceptors (Lipinski definition) is 6. The Morgan fingerprint density at radius 2 is 1.24 bits per heavy atom. The number of halogens is 1. The predicted molar refractivity (Wildman–Crippen MR) is 138 cm³/mol. The van der Waals surface area contributed by atoms with E-state index in [1.165, 1.54) is 12.8 Å². The lowest BCUT2D eigenvalue weighted by molar-refractivity contribution is 0.00578. The van der Waals surface area contributed by atoms with Gasteiger partial charge in [0.25, 0.3) is 0 Å². The van der Waals surface area contributed by atoms with Gasteiger partial charge < -0.3 is 29.4 Å². The molecule has 2 spiro atoms. The minimum Gasteiger partial charge on any atom is -0.483 e. The van der Waals surface area contributed by atoms with E-state index in [1.54, 1.807) is 0 Å². The Bertz CT molecular complexity index is 1110. The van der Waals surface area contributed by atoms with Gasteiger partial charge in [0.2, 0.25) is 0 Å². The van der Waals surface area contributed by atoms with Gasteiger partial charge in [-0.2, -0.15) is 0 Å². The fourth-order valence-electron chi connectivity index (χ4n) is 4.52. The summed E-state index contributed by atoms with van der Waals surface area (Å²) in [4.78, 5) is 0. The molecule has 5 aliphatic rings. The van der Waals surface area contributed by atoms with Gasteiger partial charge in [0.1, 0.15) is 22.7 Å². The highest BCUT2D eigenvalue weighted by Gasteiger charge is 2.52. The van der Waals surface area contributed by atoms with E-state index in [1.807, 2.05) is 24.3 Å². The second-order valence-corrected chi connectivity index (χ2v) is 12.2. The van der Waals surface area contributed by atoms with Gasteiger partial charge in [0.15, 0.2) is 0 Å². The molecule has 0 radical (unpaired) electrons. The third-order valence-electron chi connectivity index (χ3n) is 7.94. The Morgan fingerprint density at radius 1 is 0.735 bits per heavy atom. The molecule has 3 fully saturated rings. The Kier molecular flexibility index (Phi) is 5.01. The van der Waals surface area contributed by atoms with Gasteiger partial charge >= 0.3 is 7.12 Å². The summed E-state index contributed by atoms with van der Waals surface area (Å²) in [7, 11) is -0.320. The van der Waals surface area contributed by atoms with E-state index in [9.17, 15) is 0 Å². The van der Waals surface area contributed by atoms with Crippen LogP contribution >= 0.6 is 15.9 Å². The normalized spacial score (nSPS) is 24.9. The van der Waals surface area contributed by atoms with Crippen molar-refractivity contribution in [3.8, 4) is 11.5 Å². The van der Waals surface area contributed by atoms with Gasteiger partial charge in [-0.1, -0.05) is 22.0 Å². The van der Waals surface area contributed by atoms with Crippen LogP contribution in [0.25, 0.3) is 0 Å². The molecule has 1 saturated heterocycles. The summed E-state index contributed by atoms with van der Waals surface area (Å²) < 4.78 is 25.3. The topological polar surface area (TPSA) is 61.0 Å². The van der Waals surface area contributed by atoms with Crippen LogP contribution in [0.15, 0.2) is 40.9 Å². The Balaban J connectivity index is 0.000000143. The van der Waals surface area contributed by atoms with Gasteiger partial charge in [-0.15, -0.1) is 0 Å². The number of nitrogens with one attached hydrogen (secondary N) is 2. The van der Waals surface area contributed by atoms with Crippen LogP contribution < -0.4 is 25.6 Å². The van der Waals surface area contributed by atoms with E-state index in [2.05, 4.69) is 66.4 Å². The first kappa shape index (κ1) is 22.6. The molecule has 0 atom stereocenters. The van der Waals surface area contributed by atoms with Crippen LogP contribution in [0.2, 0.25) is 0 Å². The molecule has 7 rings (SSSR count). The standard InChI is InChI=1S/C16H22BNO3.C10H10BrNO/c1-14(2)15(3,4)21-17(20-14)11-5-6-13-12(9-11)18-10-16(19-13)7-8-16;11-7-1-2-9-8(5-7)12-6-10(13-9)3-4-10/h5-6,9,18H,7-8,10H2,1-4H3;1-2,5,12H,3-4,6H2. The van der Waals surface area contributed by atoms with Crippen molar-refractivity contribution in [3.63, 3.8) is 0 Å². The van der Waals surface area contributed by atoms with E-state index in [0.717, 1.165) is 58.7 Å². The van der Waals surface area contributed by atoms with Crippen molar-refractivity contribution in [2.24, 2.45) is 0 Å². The average Bonchev–Trinajstić information content (AvgIpc) is 3.71. The number of rotatable bonds is 1. The van der Waals surface area contributed by atoms with Crippen LogP contribution in [0.1, 0.15) is 53.4 Å². The van der Waals surface area contributed by atoms with Crippen molar-refractivity contribution in [2.75, 3.05) is 23.7 Å². The molecule has 0 unspecified atom stereocenters. The molecule has 180 valence electrons. The highest BCUT2D eigenvalue weighted by atomic mass is 79.9. The Labute approximate surface area is 210 Å². The molecule has 8 heteroatoms. The van der Waals surface area contributed by atoms with Gasteiger partial charge in [0, 0.05) is 4.47 Å². The van der Waals surface area contributed by atoms with Crippen molar-refractivity contribution in [1.29, 1.82) is 0 Å². The van der Waals surface area contributed by atoms with E-state index < -0.39 is 0 Å². The van der Waals surface area contributed by atoms with Crippen LogP contribution in [0, 0.1) is 0 Å². The van der Waals surface area contributed by atoms with Crippen molar-refractivity contribution < 1.29 is 18.8 Å². The molecule has 2 saturated carbocycles. The van der Waals surface area contributed by atoms with Crippen LogP contribution in [0.4, 0.5) is 11.4 Å². The van der Waals surface area contributed by atoms with Crippen molar-refractivity contribution in [1.82, 2.24) is 0 Å². The molecule has 3 aliphatic heterocycles. The van der Waals surface area contributed by atoms with Gasteiger partial charge in [0.05, 0.1) is 35.7 Å². The van der Waals surface area contributed by atoms with E-state index >= 15 is 0 Å². The first-order valence-corrected chi connectivity index (χ1v) is 13.0. The third kappa shape index (κ3) is 4.08. The summed E-state index contributed by atoms with van der Waals surface area (Å²) >= 11 is 3.44. The lowest BCUT2D eigenvalue weighted by Gasteiger charge is -2.32. The van der Waals surface area contributed by atoms with Crippen LogP contribution in [-0.4, -0.2) is 42.6 Å². The molecule has 3 heterocycles. The Morgan fingerprint density at radius 3 is 1.76 bits per heavy atom. The van der Waals surface area contributed by atoms with Crippen molar-refractivity contribution in [2.45, 2.75) is 75.8 Å². The molecular weight excluding hydrogens is 495 g/mol. The van der Waals surface area contributed by atoms with Crippen molar-refractivity contribution in [3.05, 3.63) is 40.9 Å². The zero-order chi connectivity index (χ0) is 23.8. The monoisotopic (exact) mass is 526 g/mol. The number of hydrogen-bond donors (Lipinski definition) is 2. The summed E-state index contributed by atoms with van der Waals surface area (Å²) in [5.41, 5.74) is 2.77. The molecule has 2 aliphatic carbocycles. The molecule has 2 aromatic rings. The zero-order valence-corrected chi connectivity index (χ0v) is 21.9. The molecule has 34 heavy (non-hydrogen) atoms. The second kappa shape index (κ2) is 7.55. The van der Waals surface area contributed by atoms with Crippen molar-refractivity contribution >= 4 is 39.9 Å². The highest BCUT2D eigenvalue weighted by molar-refractivity contribution is 9.10. The minimum absolute atomic E-state index is 0.0683. The molecule has 2 aromatic carbocycles. The predicted octanol–water partition coefficient (Wildman–Crippen LogP) is 5.11. The SMILES string of the molecule is Brc1ccc2c(c1)NCC1(CC1)O2.CC1(C)OB(c2ccc3c(c2)NCC2(CC2)O3)OC1(C)C.